The Balaban J connectivity index is 1.45. The second-order valence-corrected chi connectivity index (χ2v) is 8.78. The summed E-state index contributed by atoms with van der Waals surface area (Å²) in [6.45, 7) is 0. The van der Waals surface area contributed by atoms with Crippen LogP contribution in [0.25, 0.3) is 33.3 Å². The van der Waals surface area contributed by atoms with E-state index in [1.165, 1.54) is 25.2 Å². The van der Waals surface area contributed by atoms with Crippen LogP contribution in [-0.2, 0) is 13.2 Å². The molecule has 0 atom stereocenters. The minimum Gasteiger partial charge on any atom is -0.355 e. The quantitative estimate of drug-likeness (QED) is 0.347. The molecule has 0 saturated heterocycles. The van der Waals surface area contributed by atoms with E-state index in [1.54, 1.807) is 36.3 Å². The summed E-state index contributed by atoms with van der Waals surface area (Å²) >= 11 is 0. The smallest absolute Gasteiger partial charge is 0.355 e. The number of nitrogens with one attached hydrogen (secondary N) is 2. The van der Waals surface area contributed by atoms with Gasteiger partial charge in [0.15, 0.2) is 0 Å². The van der Waals surface area contributed by atoms with Crippen LogP contribution in [0.2, 0.25) is 0 Å². The Morgan fingerprint density at radius 1 is 0.900 bits per heavy atom. The molecule has 0 saturated carbocycles. The summed E-state index contributed by atoms with van der Waals surface area (Å²) in [5.41, 5.74) is 2.38. The topological polar surface area (TPSA) is 124 Å². The van der Waals surface area contributed by atoms with Crippen LogP contribution in [-0.4, -0.2) is 43.5 Å². The van der Waals surface area contributed by atoms with E-state index in [2.05, 4.69) is 25.9 Å². The lowest BCUT2D eigenvalue weighted by atomic mass is 10.0. The molecule has 0 aliphatic heterocycles. The molecule has 13 heteroatoms. The highest BCUT2D eigenvalue weighted by Crippen LogP contribution is 2.34. The number of aromatic nitrogens is 5. The third-order valence-electron chi connectivity index (χ3n) is 6.08. The Labute approximate surface area is 224 Å². The number of nitrogens with zero attached hydrogens (tertiary/aromatic N) is 5. The van der Waals surface area contributed by atoms with Gasteiger partial charge in [-0.3, -0.25) is 24.0 Å². The van der Waals surface area contributed by atoms with Gasteiger partial charge in [0.05, 0.1) is 28.5 Å². The number of pyridine rings is 1. The van der Waals surface area contributed by atoms with Crippen molar-refractivity contribution in [3.05, 3.63) is 100 Å². The number of amides is 2. The van der Waals surface area contributed by atoms with Crippen molar-refractivity contribution in [3.8, 4) is 22.4 Å². The van der Waals surface area contributed by atoms with Gasteiger partial charge in [-0.1, -0.05) is 6.07 Å². The van der Waals surface area contributed by atoms with Gasteiger partial charge in [-0.15, -0.1) is 9.89 Å². The molecular formula is C27H20F3N7O3. The van der Waals surface area contributed by atoms with E-state index in [0.29, 0.717) is 15.7 Å². The largest absolute Gasteiger partial charge is 0.417 e. The number of alkyl halides is 3. The number of hydrogen-bond acceptors (Lipinski definition) is 6. The molecule has 0 spiro atoms. The van der Waals surface area contributed by atoms with E-state index in [4.69, 9.17) is 0 Å². The summed E-state index contributed by atoms with van der Waals surface area (Å²) in [5.74, 6) is -1.58. The molecule has 3 heterocycles. The third kappa shape index (κ3) is 5.16. The van der Waals surface area contributed by atoms with Crippen LogP contribution >= 0.6 is 0 Å². The Hall–Kier alpha value is -5.33. The van der Waals surface area contributed by atoms with E-state index < -0.39 is 34.7 Å². The molecule has 0 radical (unpaired) electrons. The lowest BCUT2D eigenvalue weighted by molar-refractivity contribution is -0.137. The van der Waals surface area contributed by atoms with Crippen molar-refractivity contribution in [1.82, 2.24) is 30.0 Å². The third-order valence-corrected chi connectivity index (χ3v) is 6.08. The molecule has 2 aromatic carbocycles. The number of halogens is 3. The predicted octanol–water partition coefficient (Wildman–Crippen LogP) is 3.62. The van der Waals surface area contributed by atoms with Crippen molar-refractivity contribution < 1.29 is 22.8 Å². The van der Waals surface area contributed by atoms with Crippen LogP contribution in [0, 0.1) is 0 Å². The molecule has 3 aromatic heterocycles. The zero-order chi connectivity index (χ0) is 28.6. The first-order chi connectivity index (χ1) is 19.0. The molecule has 0 unspecified atom stereocenters. The first kappa shape index (κ1) is 26.3. The van der Waals surface area contributed by atoms with Crippen LogP contribution in [0.3, 0.4) is 0 Å². The van der Waals surface area contributed by atoms with Crippen LogP contribution < -0.4 is 16.3 Å². The number of carbonyl (C=O) groups excluding carboxylic acids is 2. The maximum atomic E-state index is 13.7. The fourth-order valence-corrected chi connectivity index (χ4v) is 4.08. The molecular weight excluding hydrogens is 527 g/mol. The fourth-order valence-electron chi connectivity index (χ4n) is 4.08. The monoisotopic (exact) mass is 547 g/mol. The first-order valence-corrected chi connectivity index (χ1v) is 11.8. The van der Waals surface area contributed by atoms with Gasteiger partial charge in [0.2, 0.25) is 0 Å². The van der Waals surface area contributed by atoms with Crippen molar-refractivity contribution in [2.75, 3.05) is 12.5 Å². The van der Waals surface area contributed by atoms with Crippen LogP contribution in [0.15, 0.2) is 78.0 Å². The number of aryl methyl sites for hydroxylation is 1. The zero-order valence-corrected chi connectivity index (χ0v) is 21.0. The SMILES string of the molecule is CNC(=O)c1ccc(-c2ccc(=O)n(NC(=O)c3ccc4ncc(-c5cnn(C)c5)cc4c3)n2)cc1C(F)(F)F. The number of carbonyl (C=O) groups is 2. The highest BCUT2D eigenvalue weighted by atomic mass is 19.4. The average molecular weight is 547 g/mol. The van der Waals surface area contributed by atoms with Gasteiger partial charge in [0.1, 0.15) is 0 Å². The standard InChI is InChI=1S/C27H20F3N7O3/c1-31-26(40)20-5-3-15(11-21(20)27(28,29)30)23-7-8-24(38)37(34-23)35-25(39)16-4-6-22-17(9-16)10-18(12-32-22)19-13-33-36(2)14-19/h3-14H,1-2H3,(H,31,40)(H,35,39). The van der Waals surface area contributed by atoms with Crippen molar-refractivity contribution in [1.29, 1.82) is 0 Å². The maximum Gasteiger partial charge on any atom is 0.417 e. The van der Waals surface area contributed by atoms with Crippen LogP contribution in [0.4, 0.5) is 13.2 Å². The van der Waals surface area contributed by atoms with E-state index in [0.717, 1.165) is 29.3 Å². The highest BCUT2D eigenvalue weighted by molar-refractivity contribution is 6.02. The summed E-state index contributed by atoms with van der Waals surface area (Å²) < 4.78 is 42.6. The second-order valence-electron chi connectivity index (χ2n) is 8.78. The molecule has 0 aliphatic rings. The molecule has 40 heavy (non-hydrogen) atoms. The summed E-state index contributed by atoms with van der Waals surface area (Å²) in [4.78, 5) is 42.4. The Kier molecular flexibility index (Phi) is 6.63. The van der Waals surface area contributed by atoms with E-state index >= 15 is 0 Å². The molecule has 2 N–H and O–H groups in total. The maximum absolute atomic E-state index is 13.7. The van der Waals surface area contributed by atoms with E-state index in [-0.39, 0.29) is 16.8 Å². The van der Waals surface area contributed by atoms with Crippen molar-refractivity contribution in [2.24, 2.45) is 7.05 Å². The van der Waals surface area contributed by atoms with Crippen LogP contribution in [0.1, 0.15) is 26.3 Å². The van der Waals surface area contributed by atoms with Crippen LogP contribution in [0.5, 0.6) is 0 Å². The van der Waals surface area contributed by atoms with Gasteiger partial charge >= 0.3 is 6.18 Å². The molecule has 5 rings (SSSR count). The molecule has 202 valence electrons. The van der Waals surface area contributed by atoms with Gasteiger partial charge in [-0.2, -0.15) is 18.3 Å². The van der Waals surface area contributed by atoms with Gasteiger partial charge < -0.3 is 5.32 Å². The van der Waals surface area contributed by atoms with E-state index in [9.17, 15) is 27.6 Å². The lowest BCUT2D eigenvalue weighted by Gasteiger charge is -2.14. The molecule has 2 amide bonds. The normalized spacial score (nSPS) is 11.4. The summed E-state index contributed by atoms with van der Waals surface area (Å²) in [6, 6.07) is 12.0. The average Bonchev–Trinajstić information content (AvgIpc) is 3.38. The van der Waals surface area contributed by atoms with Gasteiger partial charge in [0, 0.05) is 60.2 Å². The predicted molar refractivity (Wildman–Crippen MR) is 140 cm³/mol. The van der Waals surface area contributed by atoms with Gasteiger partial charge in [-0.25, -0.2) is 5.43 Å². The minimum atomic E-state index is -4.82. The molecule has 5 aromatic rings. The first-order valence-electron chi connectivity index (χ1n) is 11.8. The second kappa shape index (κ2) is 10.1. The Bertz CT molecular complexity index is 1840. The van der Waals surface area contributed by atoms with E-state index in [1.807, 2.05) is 12.3 Å². The van der Waals surface area contributed by atoms with Gasteiger partial charge in [-0.05, 0) is 42.5 Å². The van der Waals surface area contributed by atoms with Crippen molar-refractivity contribution in [3.63, 3.8) is 0 Å². The summed E-state index contributed by atoms with van der Waals surface area (Å²) in [7, 11) is 3.02. The molecule has 0 bridgehead atoms. The summed E-state index contributed by atoms with van der Waals surface area (Å²) in [6.07, 6.45) is 0.393. The highest BCUT2D eigenvalue weighted by Gasteiger charge is 2.35. The van der Waals surface area contributed by atoms with Crippen molar-refractivity contribution in [2.45, 2.75) is 6.18 Å². The fraction of sp³-hybridized carbons (Fsp3) is 0.111. The number of benzene rings is 2. The Morgan fingerprint density at radius 2 is 1.70 bits per heavy atom. The number of hydrogen-bond donors (Lipinski definition) is 2. The zero-order valence-electron chi connectivity index (χ0n) is 21.0. The molecule has 10 nitrogen and oxygen atoms in total. The van der Waals surface area contributed by atoms with Crippen molar-refractivity contribution >= 4 is 22.7 Å². The van der Waals surface area contributed by atoms with Gasteiger partial charge in [0.25, 0.3) is 17.4 Å². The summed E-state index contributed by atoms with van der Waals surface area (Å²) in [5, 5.41) is 11.0. The Morgan fingerprint density at radius 3 is 2.40 bits per heavy atom. The molecule has 0 fully saturated rings. The lowest BCUT2D eigenvalue weighted by Crippen LogP contribution is -2.34. The minimum absolute atomic E-state index is 0.0114. The molecule has 0 aliphatic carbocycles. The number of rotatable bonds is 5. The number of fused-ring (bicyclic) bond motifs is 1.